The minimum absolute atomic E-state index is 0.0824. The Morgan fingerprint density at radius 1 is 0.971 bits per heavy atom. The highest BCUT2D eigenvalue weighted by molar-refractivity contribution is 6.31. The Balaban J connectivity index is 1.47. The maximum absolute atomic E-state index is 12.5. The van der Waals surface area contributed by atoms with Crippen molar-refractivity contribution in [1.82, 2.24) is 9.97 Å². The minimum Gasteiger partial charge on any atom is -0.493 e. The van der Waals surface area contributed by atoms with E-state index < -0.39 is 6.09 Å². The van der Waals surface area contributed by atoms with E-state index in [9.17, 15) is 4.79 Å². The van der Waals surface area contributed by atoms with Crippen molar-refractivity contribution in [3.05, 3.63) is 77.6 Å². The van der Waals surface area contributed by atoms with Crippen molar-refractivity contribution >= 4 is 34.3 Å². The molecule has 174 valence electrons. The highest BCUT2D eigenvalue weighted by Gasteiger charge is 2.15. The lowest BCUT2D eigenvalue weighted by atomic mass is 10.2. The number of hydrogen-bond acceptors (Lipinski definition) is 7. The Kier molecular flexibility index (Phi) is 6.98. The van der Waals surface area contributed by atoms with E-state index in [0.29, 0.717) is 44.7 Å². The van der Waals surface area contributed by atoms with E-state index in [1.165, 1.54) is 11.2 Å². The van der Waals surface area contributed by atoms with Crippen LogP contribution in [0.1, 0.15) is 5.56 Å². The lowest BCUT2D eigenvalue weighted by molar-refractivity contribution is 0.148. The van der Waals surface area contributed by atoms with E-state index in [4.69, 9.17) is 30.5 Å². The summed E-state index contributed by atoms with van der Waals surface area (Å²) in [6.45, 7) is 0.0824. The molecule has 0 aliphatic heterocycles. The van der Waals surface area contributed by atoms with Gasteiger partial charge in [0.05, 0.1) is 25.1 Å². The normalized spacial score (nSPS) is 10.6. The lowest BCUT2D eigenvalue weighted by Crippen LogP contribution is -2.26. The number of ether oxygens (including phenoxy) is 4. The molecule has 0 aliphatic carbocycles. The van der Waals surface area contributed by atoms with Crippen molar-refractivity contribution in [1.29, 1.82) is 0 Å². The van der Waals surface area contributed by atoms with Gasteiger partial charge in [-0.3, -0.25) is 4.90 Å². The lowest BCUT2D eigenvalue weighted by Gasteiger charge is -2.18. The fourth-order valence-electron chi connectivity index (χ4n) is 3.25. The van der Waals surface area contributed by atoms with Crippen LogP contribution in [0.2, 0.25) is 5.02 Å². The summed E-state index contributed by atoms with van der Waals surface area (Å²) < 4.78 is 22.1. The van der Waals surface area contributed by atoms with Crippen LogP contribution in [0.5, 0.6) is 23.1 Å². The number of amides is 1. The van der Waals surface area contributed by atoms with Gasteiger partial charge in [-0.15, -0.1) is 0 Å². The third-order valence-corrected chi connectivity index (χ3v) is 5.49. The molecule has 9 heteroatoms. The molecular weight excluding hydrogens is 458 g/mol. The summed E-state index contributed by atoms with van der Waals surface area (Å²) in [6, 6.07) is 17.7. The molecule has 34 heavy (non-hydrogen) atoms. The largest absolute Gasteiger partial charge is 0.493 e. The summed E-state index contributed by atoms with van der Waals surface area (Å²) >= 11 is 6.12. The first-order chi connectivity index (χ1) is 16.5. The fourth-order valence-corrected chi connectivity index (χ4v) is 3.44. The van der Waals surface area contributed by atoms with Gasteiger partial charge in [-0.2, -0.15) is 0 Å². The Labute approximate surface area is 201 Å². The number of anilines is 1. The number of carbonyl (C=O) groups excluding carboxylic acids is 1. The molecule has 0 saturated heterocycles. The predicted molar refractivity (Wildman–Crippen MR) is 129 cm³/mol. The molecule has 0 saturated carbocycles. The second-order valence-electron chi connectivity index (χ2n) is 7.20. The molecule has 0 atom stereocenters. The maximum Gasteiger partial charge on any atom is 0.414 e. The van der Waals surface area contributed by atoms with Crippen LogP contribution < -0.4 is 19.1 Å². The van der Waals surface area contributed by atoms with Gasteiger partial charge in [-0.1, -0.05) is 29.8 Å². The average molecular weight is 480 g/mol. The number of benzene rings is 3. The van der Waals surface area contributed by atoms with Gasteiger partial charge >= 0.3 is 6.09 Å². The summed E-state index contributed by atoms with van der Waals surface area (Å²) in [5.74, 6) is 2.01. The molecular formula is C25H22ClN3O5. The second-order valence-corrected chi connectivity index (χ2v) is 7.61. The van der Waals surface area contributed by atoms with Crippen LogP contribution in [-0.4, -0.2) is 37.3 Å². The van der Waals surface area contributed by atoms with Crippen LogP contribution >= 0.6 is 11.6 Å². The first kappa shape index (κ1) is 23.1. The summed E-state index contributed by atoms with van der Waals surface area (Å²) in [5, 5.41) is 1.22. The van der Waals surface area contributed by atoms with E-state index in [0.717, 1.165) is 5.56 Å². The van der Waals surface area contributed by atoms with Gasteiger partial charge in [0.1, 0.15) is 18.7 Å². The molecule has 4 aromatic rings. The molecule has 1 heterocycles. The highest BCUT2D eigenvalue weighted by atomic mass is 35.5. The van der Waals surface area contributed by atoms with Gasteiger partial charge in [-0.25, -0.2) is 14.8 Å². The van der Waals surface area contributed by atoms with Crippen LogP contribution in [0.3, 0.4) is 0 Å². The van der Waals surface area contributed by atoms with Crippen LogP contribution in [0.25, 0.3) is 10.9 Å². The quantitative estimate of drug-likeness (QED) is 0.328. The third-order valence-electron chi connectivity index (χ3n) is 5.13. The molecule has 0 spiro atoms. The topological polar surface area (TPSA) is 83.0 Å². The number of rotatable bonds is 7. The van der Waals surface area contributed by atoms with Crippen molar-refractivity contribution in [2.75, 3.05) is 26.2 Å². The summed E-state index contributed by atoms with van der Waals surface area (Å²) in [7, 11) is 4.75. The smallest absolute Gasteiger partial charge is 0.414 e. The number of methoxy groups -OCH3 is 2. The van der Waals surface area contributed by atoms with E-state index >= 15 is 0 Å². The van der Waals surface area contributed by atoms with Crippen molar-refractivity contribution in [2.24, 2.45) is 0 Å². The minimum atomic E-state index is -0.503. The molecule has 1 amide bonds. The Morgan fingerprint density at radius 2 is 1.68 bits per heavy atom. The summed E-state index contributed by atoms with van der Waals surface area (Å²) in [5.41, 5.74) is 2.02. The van der Waals surface area contributed by atoms with Crippen LogP contribution in [0.4, 0.5) is 10.5 Å². The molecule has 0 aliphatic rings. The zero-order valence-corrected chi connectivity index (χ0v) is 19.6. The van der Waals surface area contributed by atoms with E-state index in [2.05, 4.69) is 9.97 Å². The Bertz CT molecular complexity index is 1310. The monoisotopic (exact) mass is 479 g/mol. The predicted octanol–water partition coefficient (Wildman–Crippen LogP) is 5.87. The third kappa shape index (κ3) is 4.97. The number of aromatic nitrogens is 2. The molecule has 0 unspecified atom stereocenters. The van der Waals surface area contributed by atoms with Gasteiger partial charge in [0, 0.05) is 29.4 Å². The van der Waals surface area contributed by atoms with Gasteiger partial charge in [-0.05, 0) is 36.4 Å². The molecule has 3 aromatic carbocycles. The number of carbonyl (C=O) groups is 1. The Morgan fingerprint density at radius 3 is 2.38 bits per heavy atom. The first-order valence-electron chi connectivity index (χ1n) is 10.3. The molecule has 1 aromatic heterocycles. The summed E-state index contributed by atoms with van der Waals surface area (Å²) in [6.07, 6.45) is 0.914. The molecule has 8 nitrogen and oxygen atoms in total. The maximum atomic E-state index is 12.5. The highest BCUT2D eigenvalue weighted by Crippen LogP contribution is 2.36. The first-order valence-corrected chi connectivity index (χ1v) is 10.7. The van der Waals surface area contributed by atoms with E-state index in [-0.39, 0.29) is 6.61 Å². The number of halogens is 1. The summed E-state index contributed by atoms with van der Waals surface area (Å²) in [4.78, 5) is 22.4. The van der Waals surface area contributed by atoms with Gasteiger partial charge in [0.25, 0.3) is 0 Å². The molecule has 0 bridgehead atoms. The fraction of sp³-hybridized carbons (Fsp3) is 0.160. The van der Waals surface area contributed by atoms with Gasteiger partial charge in [0.2, 0.25) is 5.88 Å². The molecule has 0 N–H and O–H groups in total. The average Bonchev–Trinajstić information content (AvgIpc) is 2.87. The van der Waals surface area contributed by atoms with Gasteiger partial charge < -0.3 is 18.9 Å². The number of hydrogen-bond donors (Lipinski definition) is 0. The molecule has 4 rings (SSSR count). The van der Waals surface area contributed by atoms with Crippen molar-refractivity contribution in [3.8, 4) is 23.1 Å². The standard InChI is InChI=1S/C25H22ClN3O5/c1-29(25(30)33-14-16-6-4-5-7-20(16)26)17-8-10-18(11-9-17)34-24-19-12-22(31-2)23(32-3)13-21(19)27-15-28-24/h4-13,15H,14H2,1-3H3. The number of nitrogens with zero attached hydrogens (tertiary/aromatic N) is 3. The SMILES string of the molecule is COc1cc2ncnc(Oc3ccc(N(C)C(=O)OCc4ccccc4Cl)cc3)c2cc1OC. The van der Waals surface area contributed by atoms with Crippen LogP contribution in [0.15, 0.2) is 67.0 Å². The van der Waals surface area contributed by atoms with E-state index in [1.807, 2.05) is 18.2 Å². The van der Waals surface area contributed by atoms with E-state index in [1.54, 1.807) is 63.7 Å². The van der Waals surface area contributed by atoms with Crippen LogP contribution in [-0.2, 0) is 11.3 Å². The molecule has 0 radical (unpaired) electrons. The second kappa shape index (κ2) is 10.3. The zero-order chi connectivity index (χ0) is 24.1. The van der Waals surface area contributed by atoms with Crippen molar-refractivity contribution in [3.63, 3.8) is 0 Å². The molecule has 0 fully saturated rings. The van der Waals surface area contributed by atoms with Crippen molar-refractivity contribution in [2.45, 2.75) is 6.61 Å². The number of fused-ring (bicyclic) bond motifs is 1. The van der Waals surface area contributed by atoms with Crippen molar-refractivity contribution < 1.29 is 23.7 Å². The van der Waals surface area contributed by atoms with Gasteiger partial charge in [0.15, 0.2) is 11.5 Å². The van der Waals surface area contributed by atoms with Crippen LogP contribution in [0, 0.1) is 0 Å². The Hall–Kier alpha value is -4.04. The zero-order valence-electron chi connectivity index (χ0n) is 18.8.